The summed E-state index contributed by atoms with van der Waals surface area (Å²) in [6.07, 6.45) is 0. The molecule has 114 valence electrons. The lowest BCUT2D eigenvalue weighted by Gasteiger charge is -2.14. The Hall–Kier alpha value is -2.07. The summed E-state index contributed by atoms with van der Waals surface area (Å²) < 4.78 is 8.82. The molecule has 4 heteroatoms. The van der Waals surface area contributed by atoms with Crippen molar-refractivity contribution < 1.29 is 4.74 Å². The number of para-hydroxylation sites is 3. The molecule has 0 saturated carbocycles. The first-order chi connectivity index (χ1) is 10.7. The molecule has 0 aliphatic rings. The Labute approximate surface area is 135 Å². The fourth-order valence-electron chi connectivity index (χ4n) is 2.66. The lowest BCUT2D eigenvalue weighted by atomic mass is 10.0. The number of hydrogen-bond acceptors (Lipinski definition) is 2. The van der Waals surface area contributed by atoms with E-state index in [1.54, 1.807) is 0 Å². The zero-order valence-corrected chi connectivity index (χ0v) is 13.7. The van der Waals surface area contributed by atoms with Crippen molar-refractivity contribution in [2.45, 2.75) is 26.3 Å². The van der Waals surface area contributed by atoms with Crippen LogP contribution in [-0.4, -0.2) is 16.2 Å². The van der Waals surface area contributed by atoms with Gasteiger partial charge in [-0.3, -0.25) is 0 Å². The van der Waals surface area contributed by atoms with Gasteiger partial charge in [-0.2, -0.15) is 0 Å². The van der Waals surface area contributed by atoms with Crippen LogP contribution < -0.4 is 4.74 Å². The van der Waals surface area contributed by atoms with Gasteiger partial charge in [0, 0.05) is 0 Å². The van der Waals surface area contributed by atoms with Crippen molar-refractivity contribution in [1.29, 1.82) is 0 Å². The van der Waals surface area contributed by atoms with Crippen LogP contribution in [0.25, 0.3) is 11.0 Å². The van der Waals surface area contributed by atoms with Gasteiger partial charge < -0.3 is 14.3 Å². The van der Waals surface area contributed by atoms with Crippen LogP contribution in [-0.2, 0) is 6.54 Å². The number of H-pyrrole nitrogens is 1. The number of nitrogens with one attached hydrogen (secondary N) is 1. The van der Waals surface area contributed by atoms with Gasteiger partial charge in [0.25, 0.3) is 0 Å². The highest BCUT2D eigenvalue weighted by molar-refractivity contribution is 7.71. The molecule has 0 saturated heterocycles. The third-order valence-electron chi connectivity index (χ3n) is 3.80. The molecule has 0 unspecified atom stereocenters. The van der Waals surface area contributed by atoms with Gasteiger partial charge in [0.2, 0.25) is 0 Å². The molecule has 0 aliphatic heterocycles. The third kappa shape index (κ3) is 2.92. The smallest absolute Gasteiger partial charge is 0.178 e. The van der Waals surface area contributed by atoms with E-state index in [1.165, 1.54) is 5.56 Å². The van der Waals surface area contributed by atoms with Crippen LogP contribution in [0.5, 0.6) is 5.75 Å². The summed E-state index contributed by atoms with van der Waals surface area (Å²) in [5.41, 5.74) is 3.42. The van der Waals surface area contributed by atoms with Crippen LogP contribution in [0.2, 0.25) is 0 Å². The van der Waals surface area contributed by atoms with Crippen LogP contribution in [0.3, 0.4) is 0 Å². The Morgan fingerprint density at radius 2 is 1.82 bits per heavy atom. The molecule has 0 bridgehead atoms. The summed E-state index contributed by atoms with van der Waals surface area (Å²) in [4.78, 5) is 3.23. The van der Waals surface area contributed by atoms with Gasteiger partial charge in [0.15, 0.2) is 4.77 Å². The molecule has 0 amide bonds. The van der Waals surface area contributed by atoms with Gasteiger partial charge in [-0.25, -0.2) is 0 Å². The van der Waals surface area contributed by atoms with Gasteiger partial charge in [-0.1, -0.05) is 44.2 Å². The van der Waals surface area contributed by atoms with Gasteiger partial charge >= 0.3 is 0 Å². The number of benzene rings is 2. The standard InChI is InChI=1S/C18H20N2OS/c1-13(2)14-7-3-6-10-17(14)21-12-11-20-16-9-5-4-8-15(16)19-18(20)22/h3-10,13H,11-12H2,1-2H3,(H,19,22). The zero-order chi connectivity index (χ0) is 15.5. The van der Waals surface area contributed by atoms with Crippen LogP contribution in [0.4, 0.5) is 0 Å². The summed E-state index contributed by atoms with van der Waals surface area (Å²) >= 11 is 5.40. The van der Waals surface area contributed by atoms with E-state index in [0.29, 0.717) is 12.5 Å². The average Bonchev–Trinajstić information content (AvgIpc) is 2.83. The molecule has 1 aromatic heterocycles. The van der Waals surface area contributed by atoms with Crippen molar-refractivity contribution in [2.75, 3.05) is 6.61 Å². The summed E-state index contributed by atoms with van der Waals surface area (Å²) in [6, 6.07) is 16.4. The molecule has 3 nitrogen and oxygen atoms in total. The molecule has 0 atom stereocenters. The molecule has 3 rings (SSSR count). The minimum Gasteiger partial charge on any atom is -0.491 e. The molecule has 0 spiro atoms. The lowest BCUT2D eigenvalue weighted by Crippen LogP contribution is -2.09. The SMILES string of the molecule is CC(C)c1ccccc1OCCn1c(=S)[nH]c2ccccc21. The van der Waals surface area contributed by atoms with E-state index in [2.05, 4.69) is 41.6 Å². The first kappa shape index (κ1) is 14.9. The van der Waals surface area contributed by atoms with E-state index in [1.807, 2.05) is 30.3 Å². The first-order valence-electron chi connectivity index (χ1n) is 7.56. The number of aromatic amines is 1. The van der Waals surface area contributed by atoms with E-state index < -0.39 is 0 Å². The fraction of sp³-hybridized carbons (Fsp3) is 0.278. The first-order valence-corrected chi connectivity index (χ1v) is 7.97. The number of rotatable bonds is 5. The summed E-state index contributed by atoms with van der Waals surface area (Å²) in [5.74, 6) is 1.41. The molecular formula is C18H20N2OS. The van der Waals surface area contributed by atoms with Crippen molar-refractivity contribution in [3.8, 4) is 5.75 Å². The average molecular weight is 312 g/mol. The van der Waals surface area contributed by atoms with Gasteiger partial charge in [0.05, 0.1) is 17.6 Å². The van der Waals surface area contributed by atoms with Gasteiger partial charge in [-0.05, 0) is 41.9 Å². The maximum atomic E-state index is 5.99. The fourth-order valence-corrected chi connectivity index (χ4v) is 2.96. The van der Waals surface area contributed by atoms with Gasteiger partial charge in [-0.15, -0.1) is 0 Å². The molecule has 0 fully saturated rings. The quantitative estimate of drug-likeness (QED) is 0.679. The van der Waals surface area contributed by atoms with Gasteiger partial charge in [0.1, 0.15) is 12.4 Å². The monoisotopic (exact) mass is 312 g/mol. The second-order valence-corrected chi connectivity index (χ2v) is 6.03. The normalized spacial score (nSPS) is 11.2. The van der Waals surface area contributed by atoms with Crippen LogP contribution in [0.1, 0.15) is 25.3 Å². The predicted molar refractivity (Wildman–Crippen MR) is 93.1 cm³/mol. The highest BCUT2D eigenvalue weighted by atomic mass is 32.1. The molecule has 1 heterocycles. The Kier molecular flexibility index (Phi) is 4.29. The zero-order valence-electron chi connectivity index (χ0n) is 12.9. The molecular weight excluding hydrogens is 292 g/mol. The summed E-state index contributed by atoms with van der Waals surface area (Å²) in [6.45, 7) is 5.69. The Bertz CT molecular complexity index is 832. The van der Waals surface area contributed by atoms with E-state index >= 15 is 0 Å². The van der Waals surface area contributed by atoms with E-state index in [0.717, 1.165) is 28.1 Å². The highest BCUT2D eigenvalue weighted by Gasteiger charge is 2.08. The predicted octanol–water partition coefficient (Wildman–Crippen LogP) is 4.90. The van der Waals surface area contributed by atoms with Crippen molar-refractivity contribution in [3.05, 3.63) is 58.9 Å². The number of aromatic nitrogens is 2. The molecule has 22 heavy (non-hydrogen) atoms. The Morgan fingerprint density at radius 3 is 2.64 bits per heavy atom. The maximum absolute atomic E-state index is 5.99. The highest BCUT2D eigenvalue weighted by Crippen LogP contribution is 2.25. The topological polar surface area (TPSA) is 29.9 Å². The molecule has 3 aromatic rings. The van der Waals surface area contributed by atoms with Crippen molar-refractivity contribution in [2.24, 2.45) is 0 Å². The molecule has 0 radical (unpaired) electrons. The van der Waals surface area contributed by atoms with E-state index in [4.69, 9.17) is 17.0 Å². The Balaban J connectivity index is 1.76. The lowest BCUT2D eigenvalue weighted by molar-refractivity contribution is 0.295. The minimum absolute atomic E-state index is 0.450. The van der Waals surface area contributed by atoms with Crippen LogP contribution >= 0.6 is 12.2 Å². The number of nitrogens with zero attached hydrogens (tertiary/aromatic N) is 1. The number of ether oxygens (including phenoxy) is 1. The van der Waals surface area contributed by atoms with Crippen molar-refractivity contribution in [3.63, 3.8) is 0 Å². The maximum Gasteiger partial charge on any atom is 0.178 e. The van der Waals surface area contributed by atoms with E-state index in [9.17, 15) is 0 Å². The summed E-state index contributed by atoms with van der Waals surface area (Å²) in [7, 11) is 0. The van der Waals surface area contributed by atoms with Crippen LogP contribution in [0, 0.1) is 4.77 Å². The number of hydrogen-bond donors (Lipinski definition) is 1. The Morgan fingerprint density at radius 1 is 1.09 bits per heavy atom. The largest absolute Gasteiger partial charge is 0.491 e. The summed E-state index contributed by atoms with van der Waals surface area (Å²) in [5, 5.41) is 0. The molecule has 0 aliphatic carbocycles. The van der Waals surface area contributed by atoms with Crippen molar-refractivity contribution in [1.82, 2.24) is 9.55 Å². The van der Waals surface area contributed by atoms with Crippen LogP contribution in [0.15, 0.2) is 48.5 Å². The minimum atomic E-state index is 0.450. The number of imidazole rings is 1. The second-order valence-electron chi connectivity index (χ2n) is 5.64. The third-order valence-corrected chi connectivity index (χ3v) is 4.12. The second kappa shape index (κ2) is 6.36. The van der Waals surface area contributed by atoms with E-state index in [-0.39, 0.29) is 0 Å². The molecule has 2 aromatic carbocycles. The number of fused-ring (bicyclic) bond motifs is 1. The molecule has 1 N–H and O–H groups in total. The van der Waals surface area contributed by atoms with Crippen molar-refractivity contribution >= 4 is 23.3 Å².